The van der Waals surface area contributed by atoms with Gasteiger partial charge in [0.25, 0.3) is 0 Å². The number of nitrogens with zero attached hydrogens (tertiary/aromatic N) is 1. The normalized spacial score (nSPS) is 46.7. The van der Waals surface area contributed by atoms with Crippen molar-refractivity contribution in [1.29, 1.82) is 0 Å². The van der Waals surface area contributed by atoms with E-state index >= 15 is 0 Å². The van der Waals surface area contributed by atoms with Crippen LogP contribution in [0.2, 0.25) is 0 Å². The number of fused-ring (bicyclic) bond motifs is 5. The summed E-state index contributed by atoms with van der Waals surface area (Å²) in [5, 5.41) is 11.8. The van der Waals surface area contributed by atoms with Gasteiger partial charge in [-0.25, -0.2) is 0 Å². The van der Waals surface area contributed by atoms with E-state index in [-0.39, 0.29) is 16.4 Å². The summed E-state index contributed by atoms with van der Waals surface area (Å²) in [7, 11) is 0. The van der Waals surface area contributed by atoms with Crippen molar-refractivity contribution in [3.63, 3.8) is 0 Å². The third-order valence-electron chi connectivity index (χ3n) is 11.1. The SMILES string of the molecule is CC(C)CCCC(C)C1CCC2C3CCC4C([N+](=O)[O-])CCCC4(C)C3CCC12C. The molecular weight excluding hydrogens is 370 g/mol. The molecule has 0 aromatic heterocycles. The lowest BCUT2D eigenvalue weighted by Gasteiger charge is -2.60. The standard InChI is InChI=1S/C27H47NO2/c1-18(2)8-6-9-19(3)21-13-14-22-20-11-12-24-25(28(29)30)10-7-16-26(24,4)23(20)15-17-27(21,22)5/h18-25H,6-17H2,1-5H3. The Labute approximate surface area is 185 Å². The molecule has 9 atom stereocenters. The molecule has 0 amide bonds. The number of hydrogen-bond donors (Lipinski definition) is 0. The van der Waals surface area contributed by atoms with Crippen LogP contribution in [0.1, 0.15) is 112 Å². The second-order valence-electron chi connectivity index (χ2n) is 12.8. The number of rotatable bonds is 6. The fourth-order valence-electron chi connectivity index (χ4n) is 9.66. The Hall–Kier alpha value is -0.600. The molecule has 0 aliphatic heterocycles. The van der Waals surface area contributed by atoms with Crippen LogP contribution >= 0.6 is 0 Å². The zero-order valence-electron chi connectivity index (χ0n) is 20.4. The number of hydrogen-bond acceptors (Lipinski definition) is 2. The first-order valence-electron chi connectivity index (χ1n) is 13.3. The molecule has 0 bridgehead atoms. The fraction of sp³-hybridized carbons (Fsp3) is 1.00. The predicted octanol–water partition coefficient (Wildman–Crippen LogP) is 7.75. The first kappa shape index (κ1) is 22.6. The van der Waals surface area contributed by atoms with Gasteiger partial charge in [-0.1, -0.05) is 53.9 Å². The molecule has 4 fully saturated rings. The molecule has 4 aliphatic rings. The van der Waals surface area contributed by atoms with Crippen molar-refractivity contribution in [3.05, 3.63) is 10.1 Å². The van der Waals surface area contributed by atoms with E-state index < -0.39 is 0 Å². The molecule has 0 heterocycles. The number of nitro groups is 1. The fourth-order valence-corrected chi connectivity index (χ4v) is 9.66. The summed E-state index contributed by atoms with van der Waals surface area (Å²) in [4.78, 5) is 11.9. The van der Waals surface area contributed by atoms with E-state index in [1.165, 1.54) is 57.8 Å². The Morgan fingerprint density at radius 2 is 1.57 bits per heavy atom. The van der Waals surface area contributed by atoms with Gasteiger partial charge in [0.2, 0.25) is 6.04 Å². The highest BCUT2D eigenvalue weighted by molar-refractivity contribution is 5.10. The zero-order valence-corrected chi connectivity index (χ0v) is 20.4. The van der Waals surface area contributed by atoms with Gasteiger partial charge in [0.1, 0.15) is 0 Å². The zero-order chi connectivity index (χ0) is 21.7. The summed E-state index contributed by atoms with van der Waals surface area (Å²) < 4.78 is 0. The van der Waals surface area contributed by atoms with Crippen molar-refractivity contribution in [3.8, 4) is 0 Å². The quantitative estimate of drug-likeness (QED) is 0.327. The van der Waals surface area contributed by atoms with E-state index in [4.69, 9.17) is 0 Å². The highest BCUT2D eigenvalue weighted by Gasteiger charge is 2.62. The molecule has 9 unspecified atom stereocenters. The summed E-state index contributed by atoms with van der Waals surface area (Å²) in [6, 6.07) is -0.268. The van der Waals surface area contributed by atoms with Gasteiger partial charge in [-0.15, -0.1) is 0 Å². The van der Waals surface area contributed by atoms with Crippen LogP contribution in [-0.2, 0) is 0 Å². The molecule has 0 N–H and O–H groups in total. The van der Waals surface area contributed by atoms with Gasteiger partial charge in [-0.05, 0) is 97.7 Å². The van der Waals surface area contributed by atoms with E-state index in [1.54, 1.807) is 0 Å². The summed E-state index contributed by atoms with van der Waals surface area (Å²) in [6.45, 7) is 12.4. The lowest BCUT2D eigenvalue weighted by molar-refractivity contribution is -0.543. The monoisotopic (exact) mass is 417 g/mol. The topological polar surface area (TPSA) is 43.1 Å². The molecule has 172 valence electrons. The van der Waals surface area contributed by atoms with Crippen LogP contribution < -0.4 is 0 Å². The Kier molecular flexibility index (Phi) is 6.32. The van der Waals surface area contributed by atoms with E-state index in [0.29, 0.717) is 11.3 Å². The maximum Gasteiger partial charge on any atom is 0.216 e. The van der Waals surface area contributed by atoms with Crippen LogP contribution in [0.5, 0.6) is 0 Å². The average Bonchev–Trinajstić information content (AvgIpc) is 3.03. The minimum atomic E-state index is -0.268. The molecule has 30 heavy (non-hydrogen) atoms. The van der Waals surface area contributed by atoms with Crippen LogP contribution in [0.4, 0.5) is 0 Å². The van der Waals surface area contributed by atoms with E-state index in [9.17, 15) is 10.1 Å². The van der Waals surface area contributed by atoms with Crippen molar-refractivity contribution in [1.82, 2.24) is 0 Å². The van der Waals surface area contributed by atoms with Crippen LogP contribution in [0.25, 0.3) is 0 Å². The van der Waals surface area contributed by atoms with Gasteiger partial charge in [-0.3, -0.25) is 10.1 Å². The molecule has 0 spiro atoms. The van der Waals surface area contributed by atoms with E-state index in [0.717, 1.165) is 54.8 Å². The average molecular weight is 418 g/mol. The maximum absolute atomic E-state index is 11.8. The van der Waals surface area contributed by atoms with Crippen molar-refractivity contribution in [2.75, 3.05) is 0 Å². The highest BCUT2D eigenvalue weighted by Crippen LogP contribution is 2.68. The van der Waals surface area contributed by atoms with E-state index in [2.05, 4.69) is 34.6 Å². The molecule has 3 heteroatoms. The molecule has 4 aliphatic carbocycles. The minimum absolute atomic E-state index is 0.0831. The smallest absolute Gasteiger partial charge is 0.216 e. The van der Waals surface area contributed by atoms with Crippen molar-refractivity contribution in [2.45, 2.75) is 118 Å². The van der Waals surface area contributed by atoms with E-state index in [1.807, 2.05) is 0 Å². The van der Waals surface area contributed by atoms with Gasteiger partial charge >= 0.3 is 0 Å². The molecule has 0 radical (unpaired) electrons. The van der Waals surface area contributed by atoms with Gasteiger partial charge in [0, 0.05) is 17.3 Å². The summed E-state index contributed by atoms with van der Waals surface area (Å²) in [5.41, 5.74) is 0.750. The Morgan fingerprint density at radius 1 is 0.867 bits per heavy atom. The minimum Gasteiger partial charge on any atom is -0.264 e. The summed E-state index contributed by atoms with van der Waals surface area (Å²) in [6.07, 6.45) is 15.3. The van der Waals surface area contributed by atoms with Crippen LogP contribution in [0, 0.1) is 62.4 Å². The lowest BCUT2D eigenvalue weighted by atomic mass is 9.44. The molecule has 4 saturated carbocycles. The third-order valence-corrected chi connectivity index (χ3v) is 11.1. The van der Waals surface area contributed by atoms with Crippen molar-refractivity contribution >= 4 is 0 Å². The second kappa shape index (κ2) is 8.39. The predicted molar refractivity (Wildman–Crippen MR) is 124 cm³/mol. The summed E-state index contributed by atoms with van der Waals surface area (Å²) in [5.74, 6) is 5.38. The Morgan fingerprint density at radius 3 is 2.27 bits per heavy atom. The van der Waals surface area contributed by atoms with Gasteiger partial charge < -0.3 is 0 Å². The Bertz CT molecular complexity index is 632. The second-order valence-corrected chi connectivity index (χ2v) is 12.8. The van der Waals surface area contributed by atoms with Crippen molar-refractivity contribution in [2.24, 2.45) is 52.3 Å². The molecule has 0 aromatic rings. The highest BCUT2D eigenvalue weighted by atomic mass is 16.6. The first-order valence-corrected chi connectivity index (χ1v) is 13.3. The molecular formula is C27H47NO2. The molecule has 0 aromatic carbocycles. The van der Waals surface area contributed by atoms with Gasteiger partial charge in [0.15, 0.2) is 0 Å². The molecule has 3 nitrogen and oxygen atoms in total. The van der Waals surface area contributed by atoms with Crippen LogP contribution in [-0.4, -0.2) is 11.0 Å². The molecule has 4 rings (SSSR count). The Balaban J connectivity index is 1.49. The maximum atomic E-state index is 11.8. The van der Waals surface area contributed by atoms with Gasteiger partial charge in [0.05, 0.1) is 0 Å². The third kappa shape index (κ3) is 3.64. The first-order chi connectivity index (χ1) is 14.2. The van der Waals surface area contributed by atoms with Crippen LogP contribution in [0.3, 0.4) is 0 Å². The van der Waals surface area contributed by atoms with Gasteiger partial charge in [-0.2, -0.15) is 0 Å². The van der Waals surface area contributed by atoms with Crippen molar-refractivity contribution < 1.29 is 4.92 Å². The lowest BCUT2D eigenvalue weighted by Crippen LogP contribution is -2.56. The summed E-state index contributed by atoms with van der Waals surface area (Å²) >= 11 is 0. The largest absolute Gasteiger partial charge is 0.264 e. The molecule has 0 saturated heterocycles. The van der Waals surface area contributed by atoms with Crippen LogP contribution in [0.15, 0.2) is 0 Å².